The zero-order valence-electron chi connectivity index (χ0n) is 18.7. The highest BCUT2D eigenvalue weighted by Crippen LogP contribution is 2.48. The Hall–Kier alpha value is -2.72. The van der Waals surface area contributed by atoms with E-state index in [1.165, 1.54) is 0 Å². The second-order valence-corrected chi connectivity index (χ2v) is 9.90. The van der Waals surface area contributed by atoms with Gasteiger partial charge in [-0.15, -0.1) is 0 Å². The Morgan fingerprint density at radius 2 is 1.78 bits per heavy atom. The molecule has 0 N–H and O–H groups in total. The van der Waals surface area contributed by atoms with Crippen molar-refractivity contribution in [2.45, 2.75) is 46.0 Å². The molecule has 0 saturated carbocycles. The highest BCUT2D eigenvalue weighted by Gasteiger charge is 2.45. The minimum absolute atomic E-state index is 0.0644. The Morgan fingerprint density at radius 3 is 2.47 bits per heavy atom. The van der Waals surface area contributed by atoms with Gasteiger partial charge < -0.3 is 4.74 Å². The standard InChI is InChI=1S/C27H28ClNO3/c1-17-23(26(31)32-14-13-18-7-5-4-6-8-18)24(19-9-11-20(28)12-10-19)25-21(29-17)15-27(2,3)16-22(25)30/h4-12,23-24H,13-16H2,1-3H3/t23?,24-/m0/s1. The Bertz CT molecular complexity index is 1080. The number of carbonyl (C=O) groups excluding carboxylic acids is 2. The van der Waals surface area contributed by atoms with Crippen LogP contribution in [0.4, 0.5) is 0 Å². The molecule has 1 heterocycles. The number of Topliss-reactive ketones (excluding diaryl/α,β-unsaturated/α-hetero) is 1. The van der Waals surface area contributed by atoms with Gasteiger partial charge in [0.15, 0.2) is 5.78 Å². The summed E-state index contributed by atoms with van der Waals surface area (Å²) < 4.78 is 5.71. The molecule has 32 heavy (non-hydrogen) atoms. The lowest BCUT2D eigenvalue weighted by Gasteiger charge is -2.39. The van der Waals surface area contributed by atoms with Gasteiger partial charge in [0.05, 0.1) is 6.61 Å². The van der Waals surface area contributed by atoms with E-state index in [1.54, 1.807) is 12.1 Å². The van der Waals surface area contributed by atoms with Crippen LogP contribution in [-0.4, -0.2) is 24.1 Å². The molecule has 0 saturated heterocycles. The molecule has 4 nitrogen and oxygen atoms in total. The molecule has 5 heteroatoms. The van der Waals surface area contributed by atoms with Crippen molar-refractivity contribution >= 4 is 29.1 Å². The molecule has 2 aromatic rings. The van der Waals surface area contributed by atoms with E-state index in [1.807, 2.05) is 49.4 Å². The zero-order chi connectivity index (χ0) is 22.9. The minimum atomic E-state index is -0.629. The van der Waals surface area contributed by atoms with E-state index < -0.39 is 11.8 Å². The van der Waals surface area contributed by atoms with Crippen LogP contribution in [0, 0.1) is 11.3 Å². The third kappa shape index (κ3) is 4.71. The zero-order valence-corrected chi connectivity index (χ0v) is 19.5. The fourth-order valence-electron chi connectivity index (χ4n) is 4.78. The molecule has 4 rings (SSSR count). The van der Waals surface area contributed by atoms with E-state index in [2.05, 4.69) is 13.8 Å². The van der Waals surface area contributed by atoms with Crippen molar-refractivity contribution in [3.8, 4) is 0 Å². The van der Waals surface area contributed by atoms with Crippen molar-refractivity contribution in [2.24, 2.45) is 16.3 Å². The van der Waals surface area contributed by atoms with E-state index in [0.717, 1.165) is 16.8 Å². The summed E-state index contributed by atoms with van der Waals surface area (Å²) in [5.74, 6) is -1.32. The number of hydrogen-bond donors (Lipinski definition) is 0. The summed E-state index contributed by atoms with van der Waals surface area (Å²) >= 11 is 6.11. The first kappa shape index (κ1) is 22.5. The highest BCUT2D eigenvalue weighted by molar-refractivity contribution is 6.30. The third-order valence-electron chi connectivity index (χ3n) is 6.26. The van der Waals surface area contributed by atoms with Crippen molar-refractivity contribution < 1.29 is 14.3 Å². The van der Waals surface area contributed by atoms with E-state index in [0.29, 0.717) is 35.6 Å². The lowest BCUT2D eigenvalue weighted by molar-refractivity contribution is -0.146. The van der Waals surface area contributed by atoms with Crippen LogP contribution in [0.25, 0.3) is 0 Å². The Balaban J connectivity index is 1.65. The normalized spacial score (nSPS) is 22.2. The number of benzene rings is 2. The number of ketones is 1. The topological polar surface area (TPSA) is 55.7 Å². The lowest BCUT2D eigenvalue weighted by atomic mass is 9.67. The van der Waals surface area contributed by atoms with Gasteiger partial charge in [-0.05, 0) is 42.0 Å². The third-order valence-corrected chi connectivity index (χ3v) is 6.52. The first-order chi connectivity index (χ1) is 15.2. The predicted octanol–water partition coefficient (Wildman–Crippen LogP) is 5.94. The van der Waals surface area contributed by atoms with E-state index in [-0.39, 0.29) is 23.8 Å². The van der Waals surface area contributed by atoms with Gasteiger partial charge in [0.1, 0.15) is 5.92 Å². The second-order valence-electron chi connectivity index (χ2n) is 9.46. The van der Waals surface area contributed by atoms with Crippen LogP contribution < -0.4 is 0 Å². The molecule has 0 spiro atoms. The SMILES string of the molecule is CC1=NC2=C(C(=O)CC(C)(C)C2)[C@@H](c2ccc(Cl)cc2)C1C(=O)OCCc1ccccc1. The summed E-state index contributed by atoms with van der Waals surface area (Å²) in [5.41, 5.74) is 4.00. The van der Waals surface area contributed by atoms with Crippen LogP contribution in [0.3, 0.4) is 0 Å². The first-order valence-corrected chi connectivity index (χ1v) is 11.4. The van der Waals surface area contributed by atoms with Crippen molar-refractivity contribution in [1.29, 1.82) is 0 Å². The van der Waals surface area contributed by atoms with E-state index >= 15 is 0 Å². The van der Waals surface area contributed by atoms with Crippen LogP contribution in [0.15, 0.2) is 70.9 Å². The fourth-order valence-corrected chi connectivity index (χ4v) is 4.91. The Morgan fingerprint density at radius 1 is 1.09 bits per heavy atom. The quantitative estimate of drug-likeness (QED) is 0.530. The molecule has 0 fully saturated rings. The summed E-state index contributed by atoms with van der Waals surface area (Å²) in [6.45, 7) is 6.32. The molecule has 1 aliphatic carbocycles. The number of esters is 1. The summed E-state index contributed by atoms with van der Waals surface area (Å²) in [6.07, 6.45) is 1.80. The average Bonchev–Trinajstić information content (AvgIpc) is 2.73. The van der Waals surface area contributed by atoms with Gasteiger partial charge in [-0.25, -0.2) is 0 Å². The first-order valence-electron chi connectivity index (χ1n) is 11.0. The van der Waals surface area contributed by atoms with Gasteiger partial charge in [0, 0.05) is 40.8 Å². The molecular formula is C27H28ClNO3. The Kier molecular flexibility index (Phi) is 6.34. The maximum Gasteiger partial charge on any atom is 0.315 e. The fraction of sp³-hybridized carbons (Fsp3) is 0.370. The number of hydrogen-bond acceptors (Lipinski definition) is 4. The summed E-state index contributed by atoms with van der Waals surface area (Å²) in [5, 5.41) is 0.613. The lowest BCUT2D eigenvalue weighted by Crippen LogP contribution is -2.39. The molecule has 1 unspecified atom stereocenters. The van der Waals surface area contributed by atoms with Crippen molar-refractivity contribution in [1.82, 2.24) is 0 Å². The molecule has 0 radical (unpaired) electrons. The monoisotopic (exact) mass is 449 g/mol. The average molecular weight is 450 g/mol. The molecule has 1 aliphatic heterocycles. The Labute approximate surface area is 194 Å². The minimum Gasteiger partial charge on any atom is -0.465 e. The predicted molar refractivity (Wildman–Crippen MR) is 127 cm³/mol. The largest absolute Gasteiger partial charge is 0.465 e. The highest BCUT2D eigenvalue weighted by atomic mass is 35.5. The van der Waals surface area contributed by atoms with Crippen LogP contribution >= 0.6 is 11.6 Å². The number of ether oxygens (including phenoxy) is 1. The van der Waals surface area contributed by atoms with Gasteiger partial charge in [0.25, 0.3) is 0 Å². The van der Waals surface area contributed by atoms with Crippen LogP contribution in [0.1, 0.15) is 50.7 Å². The summed E-state index contributed by atoms with van der Waals surface area (Å²) in [4.78, 5) is 31.3. The number of allylic oxidation sites excluding steroid dienone is 2. The maximum atomic E-state index is 13.3. The van der Waals surface area contributed by atoms with Gasteiger partial charge in [-0.3, -0.25) is 14.6 Å². The maximum absolute atomic E-state index is 13.3. The van der Waals surface area contributed by atoms with Gasteiger partial charge in [-0.2, -0.15) is 0 Å². The van der Waals surface area contributed by atoms with Gasteiger partial charge in [0.2, 0.25) is 0 Å². The molecular weight excluding hydrogens is 422 g/mol. The molecule has 166 valence electrons. The molecule has 0 aromatic heterocycles. The van der Waals surface area contributed by atoms with Crippen molar-refractivity contribution in [3.63, 3.8) is 0 Å². The molecule has 2 aromatic carbocycles. The number of aliphatic imine (C=N–C) groups is 1. The van der Waals surface area contributed by atoms with Crippen LogP contribution in [-0.2, 0) is 20.7 Å². The number of carbonyl (C=O) groups is 2. The van der Waals surface area contributed by atoms with Gasteiger partial charge >= 0.3 is 5.97 Å². The van der Waals surface area contributed by atoms with Crippen LogP contribution in [0.2, 0.25) is 5.02 Å². The van der Waals surface area contributed by atoms with Gasteiger partial charge in [-0.1, -0.05) is 67.9 Å². The smallest absolute Gasteiger partial charge is 0.315 e. The van der Waals surface area contributed by atoms with Crippen LogP contribution in [0.5, 0.6) is 0 Å². The van der Waals surface area contributed by atoms with Crippen molar-refractivity contribution in [2.75, 3.05) is 6.61 Å². The molecule has 2 aliphatic rings. The number of rotatable bonds is 5. The number of nitrogens with zero attached hydrogens (tertiary/aromatic N) is 1. The number of halogens is 1. The molecule has 2 atom stereocenters. The van der Waals surface area contributed by atoms with E-state index in [9.17, 15) is 9.59 Å². The summed E-state index contributed by atoms with van der Waals surface area (Å²) in [6, 6.07) is 17.3. The van der Waals surface area contributed by atoms with Crippen molar-refractivity contribution in [3.05, 3.63) is 82.0 Å². The van der Waals surface area contributed by atoms with E-state index in [4.69, 9.17) is 21.3 Å². The summed E-state index contributed by atoms with van der Waals surface area (Å²) in [7, 11) is 0. The second kappa shape index (κ2) is 9.03. The molecule has 0 bridgehead atoms. The molecule has 0 amide bonds.